The molecule has 0 saturated heterocycles. The highest BCUT2D eigenvalue weighted by molar-refractivity contribution is 7.26. The standard InChI is InChI=1S/C15H29N2P/c1-3-4-5-6-7-8-9-10-11-12-13-15-14(2)16-17-18-15/h3-13H2,1-2H3,(H,16,17). The molecule has 1 N–H and O–H groups in total. The maximum atomic E-state index is 4.20. The smallest absolute Gasteiger partial charge is 0.0671 e. The number of rotatable bonds is 11. The minimum atomic E-state index is 1.22. The van der Waals surface area contributed by atoms with E-state index in [2.05, 4.69) is 23.8 Å². The lowest BCUT2D eigenvalue weighted by atomic mass is 10.1. The largest absolute Gasteiger partial charge is 0.260 e. The summed E-state index contributed by atoms with van der Waals surface area (Å²) in [5, 5.41) is 5.69. The van der Waals surface area contributed by atoms with Gasteiger partial charge in [0.2, 0.25) is 0 Å². The van der Waals surface area contributed by atoms with E-state index in [1.807, 2.05) is 0 Å². The van der Waals surface area contributed by atoms with Crippen molar-refractivity contribution in [2.24, 2.45) is 0 Å². The van der Waals surface area contributed by atoms with Crippen molar-refractivity contribution in [1.29, 1.82) is 0 Å². The number of hydrogen-bond acceptors (Lipinski definition) is 1. The van der Waals surface area contributed by atoms with Crippen molar-refractivity contribution >= 4 is 8.35 Å². The van der Waals surface area contributed by atoms with Gasteiger partial charge in [-0.3, -0.25) is 4.86 Å². The maximum Gasteiger partial charge on any atom is 0.0671 e. The summed E-state index contributed by atoms with van der Waals surface area (Å²) < 4.78 is 0. The van der Waals surface area contributed by atoms with E-state index < -0.39 is 0 Å². The zero-order valence-corrected chi connectivity index (χ0v) is 13.1. The zero-order chi connectivity index (χ0) is 13.1. The molecule has 1 rings (SSSR count). The van der Waals surface area contributed by atoms with Crippen LogP contribution in [0.2, 0.25) is 0 Å². The molecule has 0 bridgehead atoms. The van der Waals surface area contributed by atoms with Crippen molar-refractivity contribution in [1.82, 2.24) is 9.96 Å². The summed E-state index contributed by atoms with van der Waals surface area (Å²) in [6, 6.07) is 0. The second-order valence-electron chi connectivity index (χ2n) is 5.29. The fourth-order valence-corrected chi connectivity index (χ4v) is 3.12. The summed E-state index contributed by atoms with van der Waals surface area (Å²) >= 11 is 0. The Balaban J connectivity index is 1.83. The van der Waals surface area contributed by atoms with E-state index in [4.69, 9.17) is 0 Å². The van der Waals surface area contributed by atoms with Gasteiger partial charge in [0.1, 0.15) is 0 Å². The molecule has 1 aromatic heterocycles. The molecule has 1 aromatic rings. The molecule has 0 saturated carbocycles. The van der Waals surface area contributed by atoms with Gasteiger partial charge in [-0.2, -0.15) is 5.10 Å². The molecule has 104 valence electrons. The number of hydrogen-bond donors (Lipinski definition) is 1. The Morgan fingerprint density at radius 1 is 0.889 bits per heavy atom. The minimum Gasteiger partial charge on any atom is -0.260 e. The van der Waals surface area contributed by atoms with Gasteiger partial charge in [-0.15, -0.1) is 0 Å². The van der Waals surface area contributed by atoms with Crippen molar-refractivity contribution in [2.75, 3.05) is 0 Å². The number of nitrogens with zero attached hydrogens (tertiary/aromatic N) is 1. The molecular weight excluding hydrogens is 239 g/mol. The summed E-state index contributed by atoms with van der Waals surface area (Å²) in [7, 11) is 1.22. The molecule has 18 heavy (non-hydrogen) atoms. The predicted molar refractivity (Wildman–Crippen MR) is 81.4 cm³/mol. The number of aromatic amines is 1. The Hall–Kier alpha value is -0.360. The molecule has 0 unspecified atom stereocenters. The SMILES string of the molecule is CCCCCCCCCCCCc1p[nH]nc1C. The molecule has 0 amide bonds. The first-order valence-electron chi connectivity index (χ1n) is 7.71. The van der Waals surface area contributed by atoms with E-state index in [9.17, 15) is 0 Å². The fourth-order valence-electron chi connectivity index (χ4n) is 2.32. The van der Waals surface area contributed by atoms with E-state index in [1.54, 1.807) is 0 Å². The van der Waals surface area contributed by atoms with Gasteiger partial charge in [0, 0.05) is 13.6 Å². The van der Waals surface area contributed by atoms with E-state index in [1.165, 1.54) is 90.0 Å². The van der Waals surface area contributed by atoms with Crippen LogP contribution in [0.15, 0.2) is 0 Å². The highest BCUT2D eigenvalue weighted by atomic mass is 31.0. The monoisotopic (exact) mass is 268 g/mol. The van der Waals surface area contributed by atoms with Crippen LogP contribution in [0.3, 0.4) is 0 Å². The van der Waals surface area contributed by atoms with Crippen molar-refractivity contribution < 1.29 is 0 Å². The molecule has 0 radical (unpaired) electrons. The average Bonchev–Trinajstić information content (AvgIpc) is 2.77. The molecule has 0 spiro atoms. The van der Waals surface area contributed by atoms with Crippen LogP contribution in [0.5, 0.6) is 0 Å². The first-order valence-corrected chi connectivity index (χ1v) is 8.60. The normalized spacial score (nSPS) is 11.4. The first-order chi connectivity index (χ1) is 8.84. The number of nitrogens with one attached hydrogen (secondary N) is 1. The van der Waals surface area contributed by atoms with Gasteiger partial charge < -0.3 is 0 Å². The van der Waals surface area contributed by atoms with Crippen LogP contribution in [-0.4, -0.2) is 9.96 Å². The van der Waals surface area contributed by atoms with Crippen molar-refractivity contribution in [2.45, 2.75) is 84.5 Å². The van der Waals surface area contributed by atoms with Crippen molar-refractivity contribution in [3.8, 4) is 0 Å². The van der Waals surface area contributed by atoms with Crippen LogP contribution in [0, 0.1) is 6.92 Å². The lowest BCUT2D eigenvalue weighted by molar-refractivity contribution is 0.556. The fraction of sp³-hybridized carbons (Fsp3) is 0.867. The molecule has 2 nitrogen and oxygen atoms in total. The lowest BCUT2D eigenvalue weighted by Gasteiger charge is -2.02. The molecule has 0 atom stereocenters. The van der Waals surface area contributed by atoms with Crippen LogP contribution in [-0.2, 0) is 6.42 Å². The third-order valence-corrected chi connectivity index (χ3v) is 4.60. The molecule has 0 aliphatic rings. The molecule has 0 aliphatic carbocycles. The Morgan fingerprint density at radius 2 is 1.44 bits per heavy atom. The third kappa shape index (κ3) is 7.16. The van der Waals surface area contributed by atoms with Crippen LogP contribution in [0.4, 0.5) is 0 Å². The first kappa shape index (κ1) is 15.7. The second-order valence-corrected chi connectivity index (χ2v) is 6.25. The molecular formula is C15H29N2P. The van der Waals surface area contributed by atoms with E-state index in [0.717, 1.165) is 0 Å². The summed E-state index contributed by atoms with van der Waals surface area (Å²) in [5.74, 6) is 0. The summed E-state index contributed by atoms with van der Waals surface area (Å²) in [5.41, 5.74) is 1.22. The number of unbranched alkanes of at least 4 members (excludes halogenated alkanes) is 9. The van der Waals surface area contributed by atoms with Gasteiger partial charge in [0.25, 0.3) is 0 Å². The predicted octanol–water partition coefficient (Wildman–Crippen LogP) is 5.76. The molecule has 0 aliphatic heterocycles. The van der Waals surface area contributed by atoms with Crippen LogP contribution >= 0.6 is 8.35 Å². The Morgan fingerprint density at radius 3 is 1.94 bits per heavy atom. The van der Waals surface area contributed by atoms with E-state index in [-0.39, 0.29) is 0 Å². The van der Waals surface area contributed by atoms with Gasteiger partial charge in [0.05, 0.1) is 5.69 Å². The van der Waals surface area contributed by atoms with Gasteiger partial charge >= 0.3 is 0 Å². The molecule has 3 heteroatoms. The lowest BCUT2D eigenvalue weighted by Crippen LogP contribution is -1.86. The van der Waals surface area contributed by atoms with E-state index >= 15 is 0 Å². The summed E-state index contributed by atoms with van der Waals surface area (Å²) in [4.78, 5) is 3.03. The van der Waals surface area contributed by atoms with Gasteiger partial charge in [0.15, 0.2) is 0 Å². The number of H-pyrrole nitrogens is 1. The Bertz CT molecular complexity index is 296. The van der Waals surface area contributed by atoms with Crippen LogP contribution in [0.25, 0.3) is 0 Å². The Kier molecular flexibility index (Phi) is 9.20. The highest BCUT2D eigenvalue weighted by Gasteiger charge is 2.00. The minimum absolute atomic E-state index is 1.22. The average molecular weight is 268 g/mol. The van der Waals surface area contributed by atoms with Crippen LogP contribution < -0.4 is 0 Å². The molecule has 1 heterocycles. The third-order valence-electron chi connectivity index (χ3n) is 3.59. The summed E-state index contributed by atoms with van der Waals surface area (Å²) in [6.07, 6.45) is 15.4. The van der Waals surface area contributed by atoms with Crippen molar-refractivity contribution in [3.05, 3.63) is 11.0 Å². The Labute approximate surface area is 114 Å². The number of aromatic nitrogens is 2. The van der Waals surface area contributed by atoms with Gasteiger partial charge in [-0.05, 0) is 19.8 Å². The van der Waals surface area contributed by atoms with Gasteiger partial charge in [-0.25, -0.2) is 0 Å². The number of aryl methyl sites for hydroxylation is 2. The molecule has 0 aromatic carbocycles. The molecule has 0 fully saturated rings. The second kappa shape index (κ2) is 10.6. The van der Waals surface area contributed by atoms with E-state index in [0.29, 0.717) is 0 Å². The zero-order valence-electron chi connectivity index (χ0n) is 12.2. The van der Waals surface area contributed by atoms with Crippen LogP contribution in [0.1, 0.15) is 82.1 Å². The summed E-state index contributed by atoms with van der Waals surface area (Å²) in [6.45, 7) is 4.39. The maximum absolute atomic E-state index is 4.20. The highest BCUT2D eigenvalue weighted by Crippen LogP contribution is 2.18. The van der Waals surface area contributed by atoms with Crippen molar-refractivity contribution in [3.63, 3.8) is 0 Å². The van der Waals surface area contributed by atoms with Gasteiger partial charge in [-0.1, -0.05) is 64.7 Å². The topological polar surface area (TPSA) is 28.7 Å². The quantitative estimate of drug-likeness (QED) is 0.508.